The molecule has 1 aromatic carbocycles. The Kier molecular flexibility index (Phi) is 5.60. The Hall–Kier alpha value is -2.05. The molecule has 6 nitrogen and oxygen atoms in total. The molecule has 28 heavy (non-hydrogen) atoms. The number of hydrazine groups is 1. The van der Waals surface area contributed by atoms with E-state index < -0.39 is 0 Å². The molecule has 2 unspecified atom stereocenters. The van der Waals surface area contributed by atoms with Crippen molar-refractivity contribution in [2.75, 3.05) is 26.3 Å². The monoisotopic (exact) mass is 385 g/mol. The van der Waals surface area contributed by atoms with Crippen LogP contribution in [0.1, 0.15) is 50.8 Å². The third-order valence-electron chi connectivity index (χ3n) is 6.24. The predicted octanol–water partition coefficient (Wildman–Crippen LogP) is 2.80. The third-order valence-corrected chi connectivity index (χ3v) is 6.24. The highest BCUT2D eigenvalue weighted by atomic mass is 16.5. The SMILES string of the molecule is CCOC(=O)C1=CN(C2CCN(C(C)c3ccc4c(c3)OCC4)CC2)NC1C. The van der Waals surface area contributed by atoms with Gasteiger partial charge in [-0.25, -0.2) is 10.2 Å². The van der Waals surface area contributed by atoms with Gasteiger partial charge in [0.05, 0.1) is 24.8 Å². The van der Waals surface area contributed by atoms with E-state index in [1.54, 1.807) is 0 Å². The third kappa shape index (κ3) is 3.76. The maximum absolute atomic E-state index is 12.1. The van der Waals surface area contributed by atoms with Crippen molar-refractivity contribution in [3.63, 3.8) is 0 Å². The molecule has 3 heterocycles. The lowest BCUT2D eigenvalue weighted by Gasteiger charge is -2.39. The number of carbonyl (C=O) groups is 1. The van der Waals surface area contributed by atoms with Crippen LogP contribution in [0.5, 0.6) is 5.75 Å². The fourth-order valence-corrected chi connectivity index (χ4v) is 4.45. The van der Waals surface area contributed by atoms with E-state index in [2.05, 4.69) is 40.5 Å². The second kappa shape index (κ2) is 8.13. The number of likely N-dealkylation sites (tertiary alicyclic amines) is 1. The Bertz CT molecular complexity index is 755. The molecule has 4 rings (SSSR count). The Morgan fingerprint density at radius 3 is 2.89 bits per heavy atom. The molecule has 3 aliphatic heterocycles. The summed E-state index contributed by atoms with van der Waals surface area (Å²) in [4.78, 5) is 14.6. The molecule has 0 aromatic heterocycles. The van der Waals surface area contributed by atoms with Gasteiger partial charge < -0.3 is 14.5 Å². The van der Waals surface area contributed by atoms with Gasteiger partial charge in [-0.3, -0.25) is 4.90 Å². The minimum atomic E-state index is -0.213. The van der Waals surface area contributed by atoms with E-state index in [0.29, 0.717) is 18.7 Å². The number of piperidine rings is 1. The molecule has 0 radical (unpaired) electrons. The van der Waals surface area contributed by atoms with E-state index >= 15 is 0 Å². The number of hydrogen-bond acceptors (Lipinski definition) is 6. The largest absolute Gasteiger partial charge is 0.493 e. The smallest absolute Gasteiger partial charge is 0.337 e. The lowest BCUT2D eigenvalue weighted by Crippen LogP contribution is -2.48. The van der Waals surface area contributed by atoms with Crippen molar-refractivity contribution in [1.82, 2.24) is 15.3 Å². The van der Waals surface area contributed by atoms with Crippen molar-refractivity contribution in [3.05, 3.63) is 41.1 Å². The van der Waals surface area contributed by atoms with E-state index in [1.807, 2.05) is 20.0 Å². The second-order valence-electron chi connectivity index (χ2n) is 7.97. The van der Waals surface area contributed by atoms with Gasteiger partial charge in [0.25, 0.3) is 0 Å². The molecule has 0 amide bonds. The number of ether oxygens (including phenoxy) is 2. The maximum atomic E-state index is 12.1. The molecule has 0 spiro atoms. The van der Waals surface area contributed by atoms with E-state index in [0.717, 1.165) is 50.3 Å². The van der Waals surface area contributed by atoms with Crippen LogP contribution in [0.15, 0.2) is 30.0 Å². The molecule has 152 valence electrons. The van der Waals surface area contributed by atoms with E-state index in [1.165, 1.54) is 11.1 Å². The zero-order valence-electron chi connectivity index (χ0n) is 17.1. The van der Waals surface area contributed by atoms with Crippen molar-refractivity contribution in [2.24, 2.45) is 0 Å². The number of carbonyl (C=O) groups excluding carboxylic acids is 1. The van der Waals surface area contributed by atoms with Crippen LogP contribution in [0.4, 0.5) is 0 Å². The van der Waals surface area contributed by atoms with Gasteiger partial charge in [-0.2, -0.15) is 0 Å². The number of rotatable bonds is 5. The normalized spacial score (nSPS) is 23.9. The average Bonchev–Trinajstić information content (AvgIpc) is 3.33. The van der Waals surface area contributed by atoms with Crippen LogP contribution >= 0.6 is 0 Å². The first-order valence-electron chi connectivity index (χ1n) is 10.5. The Balaban J connectivity index is 1.35. The molecule has 0 aliphatic carbocycles. The van der Waals surface area contributed by atoms with Crippen molar-refractivity contribution in [1.29, 1.82) is 0 Å². The fraction of sp³-hybridized carbons (Fsp3) is 0.591. The highest BCUT2D eigenvalue weighted by Crippen LogP contribution is 2.32. The molecule has 0 saturated carbocycles. The standard InChI is InChI=1S/C22H31N3O3/c1-4-27-22(26)20-14-25(23-15(20)2)19-7-10-24(11-8-19)16(3)18-6-5-17-9-12-28-21(17)13-18/h5-6,13-16,19,23H,4,7-12H2,1-3H3. The van der Waals surface area contributed by atoms with Gasteiger partial charge in [0, 0.05) is 37.8 Å². The maximum Gasteiger partial charge on any atom is 0.337 e. The molecule has 1 saturated heterocycles. The van der Waals surface area contributed by atoms with E-state index in [9.17, 15) is 4.79 Å². The first kappa shape index (κ1) is 19.3. The minimum Gasteiger partial charge on any atom is -0.493 e. The van der Waals surface area contributed by atoms with Crippen molar-refractivity contribution in [2.45, 2.75) is 58.2 Å². The number of fused-ring (bicyclic) bond motifs is 1. The van der Waals surface area contributed by atoms with E-state index in [4.69, 9.17) is 9.47 Å². The molecule has 1 fully saturated rings. The van der Waals surface area contributed by atoms with Gasteiger partial charge in [-0.15, -0.1) is 0 Å². The predicted molar refractivity (Wildman–Crippen MR) is 108 cm³/mol. The summed E-state index contributed by atoms with van der Waals surface area (Å²) in [5.41, 5.74) is 6.80. The molecular formula is C22H31N3O3. The number of benzene rings is 1. The van der Waals surface area contributed by atoms with Gasteiger partial charge in [0.1, 0.15) is 5.75 Å². The van der Waals surface area contributed by atoms with Crippen molar-refractivity contribution < 1.29 is 14.3 Å². The van der Waals surface area contributed by atoms with Crippen LogP contribution in [0.2, 0.25) is 0 Å². The topological polar surface area (TPSA) is 54.0 Å². The minimum absolute atomic E-state index is 0.00224. The molecule has 1 aromatic rings. The zero-order chi connectivity index (χ0) is 19.7. The summed E-state index contributed by atoms with van der Waals surface area (Å²) in [6.07, 6.45) is 5.11. The van der Waals surface area contributed by atoms with Crippen molar-refractivity contribution in [3.8, 4) is 5.75 Å². The van der Waals surface area contributed by atoms with Gasteiger partial charge in [-0.1, -0.05) is 12.1 Å². The van der Waals surface area contributed by atoms with Crippen LogP contribution in [0.3, 0.4) is 0 Å². The lowest BCUT2D eigenvalue weighted by molar-refractivity contribution is -0.138. The van der Waals surface area contributed by atoms with Crippen LogP contribution in [-0.2, 0) is 16.0 Å². The number of hydrogen-bond donors (Lipinski definition) is 1. The highest BCUT2D eigenvalue weighted by molar-refractivity contribution is 5.90. The average molecular weight is 386 g/mol. The lowest BCUT2D eigenvalue weighted by atomic mass is 9.99. The summed E-state index contributed by atoms with van der Waals surface area (Å²) >= 11 is 0. The quantitative estimate of drug-likeness (QED) is 0.787. The number of esters is 1. The zero-order valence-corrected chi connectivity index (χ0v) is 17.1. The first-order valence-corrected chi connectivity index (χ1v) is 10.5. The van der Waals surface area contributed by atoms with Crippen LogP contribution < -0.4 is 10.2 Å². The summed E-state index contributed by atoms with van der Waals surface area (Å²) < 4.78 is 10.9. The van der Waals surface area contributed by atoms with Gasteiger partial charge in [0.2, 0.25) is 0 Å². The molecule has 0 bridgehead atoms. The molecule has 6 heteroatoms. The fourth-order valence-electron chi connectivity index (χ4n) is 4.45. The summed E-state index contributed by atoms with van der Waals surface area (Å²) in [7, 11) is 0. The van der Waals surface area contributed by atoms with Gasteiger partial charge in [0.15, 0.2) is 0 Å². The number of nitrogens with one attached hydrogen (secondary N) is 1. The van der Waals surface area contributed by atoms with Crippen molar-refractivity contribution >= 4 is 5.97 Å². The van der Waals surface area contributed by atoms with Crippen LogP contribution in [0.25, 0.3) is 0 Å². The van der Waals surface area contributed by atoms with E-state index in [-0.39, 0.29) is 12.0 Å². The number of nitrogens with zero attached hydrogens (tertiary/aromatic N) is 2. The molecule has 3 aliphatic rings. The molecule has 1 N–H and O–H groups in total. The Labute approximate surface area is 167 Å². The first-order chi connectivity index (χ1) is 13.6. The molecule has 2 atom stereocenters. The Morgan fingerprint density at radius 1 is 1.36 bits per heavy atom. The summed E-state index contributed by atoms with van der Waals surface area (Å²) in [5.74, 6) is 0.848. The second-order valence-corrected chi connectivity index (χ2v) is 7.97. The van der Waals surface area contributed by atoms with Gasteiger partial charge in [-0.05, 0) is 50.8 Å². The molecular weight excluding hydrogens is 354 g/mol. The Morgan fingerprint density at radius 2 is 2.14 bits per heavy atom. The van der Waals surface area contributed by atoms with Crippen LogP contribution in [-0.4, -0.2) is 54.3 Å². The summed E-state index contributed by atoms with van der Waals surface area (Å²) in [6.45, 7) is 9.43. The summed E-state index contributed by atoms with van der Waals surface area (Å²) in [5, 5.41) is 2.13. The summed E-state index contributed by atoms with van der Waals surface area (Å²) in [6, 6.07) is 7.48. The highest BCUT2D eigenvalue weighted by Gasteiger charge is 2.33. The van der Waals surface area contributed by atoms with Gasteiger partial charge >= 0.3 is 5.97 Å². The van der Waals surface area contributed by atoms with Crippen LogP contribution in [0, 0.1) is 0 Å².